The Bertz CT molecular complexity index is 872. The Hall–Kier alpha value is -3.14. The first-order chi connectivity index (χ1) is 13.0. The van der Waals surface area contributed by atoms with Gasteiger partial charge < -0.3 is 10.2 Å². The van der Waals surface area contributed by atoms with Gasteiger partial charge in [0.05, 0.1) is 5.56 Å². The van der Waals surface area contributed by atoms with E-state index in [2.05, 4.69) is 41.2 Å². The summed E-state index contributed by atoms with van der Waals surface area (Å²) in [4.78, 5) is 18.9. The van der Waals surface area contributed by atoms with Crippen molar-refractivity contribution >= 4 is 17.4 Å². The molecular weight excluding hydrogens is 334 g/mol. The number of carbonyl (C=O) groups excluding carboxylic acids is 1. The van der Waals surface area contributed by atoms with E-state index < -0.39 is 0 Å². The average Bonchev–Trinajstić information content (AvgIpc) is 2.69. The van der Waals surface area contributed by atoms with E-state index in [-0.39, 0.29) is 5.91 Å². The van der Waals surface area contributed by atoms with Crippen LogP contribution in [-0.4, -0.2) is 17.9 Å². The van der Waals surface area contributed by atoms with E-state index in [9.17, 15) is 4.79 Å². The second-order valence-electron chi connectivity index (χ2n) is 6.98. The fourth-order valence-corrected chi connectivity index (χ4v) is 2.84. The predicted molar refractivity (Wildman–Crippen MR) is 111 cm³/mol. The van der Waals surface area contributed by atoms with Crippen LogP contribution in [0.25, 0.3) is 0 Å². The molecule has 1 heterocycles. The third kappa shape index (κ3) is 4.94. The summed E-state index contributed by atoms with van der Waals surface area (Å²) in [5, 5.41) is 2.92. The lowest BCUT2D eigenvalue weighted by Gasteiger charge is -2.18. The van der Waals surface area contributed by atoms with Gasteiger partial charge in [-0.3, -0.25) is 4.79 Å². The van der Waals surface area contributed by atoms with Gasteiger partial charge >= 0.3 is 0 Å². The number of aromatic nitrogens is 1. The maximum absolute atomic E-state index is 12.4. The van der Waals surface area contributed by atoms with E-state index in [0.29, 0.717) is 11.5 Å². The normalized spacial score (nSPS) is 10.7. The van der Waals surface area contributed by atoms with Gasteiger partial charge in [0, 0.05) is 25.5 Å². The number of rotatable bonds is 6. The van der Waals surface area contributed by atoms with Crippen LogP contribution in [0.2, 0.25) is 0 Å². The molecule has 0 unspecified atom stereocenters. The molecule has 3 rings (SSSR count). The van der Waals surface area contributed by atoms with Crippen LogP contribution >= 0.6 is 0 Å². The lowest BCUT2D eigenvalue weighted by Crippen LogP contribution is -2.18. The largest absolute Gasteiger partial charge is 0.355 e. The van der Waals surface area contributed by atoms with Crippen molar-refractivity contribution in [3.05, 3.63) is 89.6 Å². The van der Waals surface area contributed by atoms with Crippen LogP contribution in [0.15, 0.2) is 72.9 Å². The average molecular weight is 359 g/mol. The second-order valence-corrected chi connectivity index (χ2v) is 6.98. The van der Waals surface area contributed by atoms with Crippen LogP contribution in [0, 0.1) is 0 Å². The molecular formula is C23H25N3O. The molecule has 138 valence electrons. The Morgan fingerprint density at radius 3 is 2.30 bits per heavy atom. The van der Waals surface area contributed by atoms with Crippen LogP contribution in [0.3, 0.4) is 0 Å². The fourth-order valence-electron chi connectivity index (χ4n) is 2.84. The summed E-state index contributed by atoms with van der Waals surface area (Å²) in [5.41, 5.74) is 3.79. The molecule has 0 atom stereocenters. The van der Waals surface area contributed by atoms with Gasteiger partial charge in [0.15, 0.2) is 0 Å². The molecule has 0 aliphatic rings. The molecule has 0 fully saturated rings. The van der Waals surface area contributed by atoms with Crippen molar-refractivity contribution in [1.82, 2.24) is 4.98 Å². The van der Waals surface area contributed by atoms with Crippen LogP contribution in [0.1, 0.15) is 41.3 Å². The molecule has 0 saturated heterocycles. The molecule has 0 aliphatic heterocycles. The van der Waals surface area contributed by atoms with Gasteiger partial charge in [-0.05, 0) is 41.3 Å². The van der Waals surface area contributed by atoms with Crippen molar-refractivity contribution in [3.63, 3.8) is 0 Å². The molecule has 27 heavy (non-hydrogen) atoms. The number of amides is 1. The number of anilines is 2. The van der Waals surface area contributed by atoms with E-state index in [1.54, 1.807) is 6.20 Å². The quantitative estimate of drug-likeness (QED) is 0.666. The summed E-state index contributed by atoms with van der Waals surface area (Å²) >= 11 is 0. The van der Waals surface area contributed by atoms with Gasteiger partial charge in [-0.2, -0.15) is 0 Å². The molecule has 2 aromatic carbocycles. The van der Waals surface area contributed by atoms with Crippen LogP contribution in [-0.2, 0) is 6.54 Å². The molecule has 4 nitrogen and oxygen atoms in total. The van der Waals surface area contributed by atoms with Gasteiger partial charge in [0.25, 0.3) is 5.91 Å². The second kappa shape index (κ2) is 8.49. The maximum Gasteiger partial charge on any atom is 0.257 e. The Kier molecular flexibility index (Phi) is 5.87. The number of hydrogen-bond donors (Lipinski definition) is 1. The highest BCUT2D eigenvalue weighted by molar-refractivity contribution is 6.04. The van der Waals surface area contributed by atoms with E-state index in [4.69, 9.17) is 0 Å². The van der Waals surface area contributed by atoms with Crippen molar-refractivity contribution in [2.24, 2.45) is 0 Å². The summed E-state index contributed by atoms with van der Waals surface area (Å²) < 4.78 is 0. The number of nitrogens with one attached hydrogen (secondary N) is 1. The van der Waals surface area contributed by atoms with Crippen molar-refractivity contribution in [2.45, 2.75) is 26.3 Å². The Balaban J connectivity index is 1.63. The molecule has 1 amide bonds. The topological polar surface area (TPSA) is 45.2 Å². The number of benzene rings is 2. The molecule has 0 radical (unpaired) electrons. The highest BCUT2D eigenvalue weighted by Crippen LogP contribution is 2.18. The fraction of sp³-hybridized carbons (Fsp3) is 0.217. The summed E-state index contributed by atoms with van der Waals surface area (Å²) in [6, 6.07) is 21.9. The highest BCUT2D eigenvalue weighted by atomic mass is 16.1. The Labute approximate surface area is 160 Å². The predicted octanol–water partition coefficient (Wildman–Crippen LogP) is 5.09. The highest BCUT2D eigenvalue weighted by Gasteiger charge is 2.09. The summed E-state index contributed by atoms with van der Waals surface area (Å²) in [6.45, 7) is 5.06. The third-order valence-electron chi connectivity index (χ3n) is 4.50. The molecule has 1 N–H and O–H groups in total. The molecule has 1 aromatic heterocycles. The molecule has 0 aliphatic carbocycles. The van der Waals surface area contributed by atoms with Gasteiger partial charge in [0.1, 0.15) is 5.82 Å². The molecule has 4 heteroatoms. The van der Waals surface area contributed by atoms with E-state index in [1.807, 2.05) is 61.6 Å². The van der Waals surface area contributed by atoms with Crippen LogP contribution in [0.5, 0.6) is 0 Å². The van der Waals surface area contributed by atoms with Gasteiger partial charge in [0.2, 0.25) is 0 Å². The van der Waals surface area contributed by atoms with Crippen molar-refractivity contribution < 1.29 is 4.79 Å². The van der Waals surface area contributed by atoms with Crippen molar-refractivity contribution in [3.8, 4) is 0 Å². The Morgan fingerprint density at radius 1 is 1.00 bits per heavy atom. The zero-order valence-corrected chi connectivity index (χ0v) is 16.0. The molecule has 0 bridgehead atoms. The monoisotopic (exact) mass is 359 g/mol. The van der Waals surface area contributed by atoms with E-state index in [1.165, 1.54) is 11.1 Å². The molecule has 0 spiro atoms. The Morgan fingerprint density at radius 2 is 1.70 bits per heavy atom. The summed E-state index contributed by atoms with van der Waals surface area (Å²) in [7, 11) is 1.99. The van der Waals surface area contributed by atoms with Crippen molar-refractivity contribution in [2.75, 3.05) is 17.3 Å². The smallest absolute Gasteiger partial charge is 0.257 e. The third-order valence-corrected chi connectivity index (χ3v) is 4.50. The first-order valence-electron chi connectivity index (χ1n) is 9.15. The zero-order valence-electron chi connectivity index (χ0n) is 16.0. The van der Waals surface area contributed by atoms with Gasteiger partial charge in [-0.1, -0.05) is 56.3 Å². The maximum atomic E-state index is 12.4. The lowest BCUT2D eigenvalue weighted by atomic mass is 10.0. The number of hydrogen-bond acceptors (Lipinski definition) is 3. The lowest BCUT2D eigenvalue weighted by molar-refractivity contribution is 0.102. The first kappa shape index (κ1) is 18.6. The van der Waals surface area contributed by atoms with Crippen molar-refractivity contribution in [1.29, 1.82) is 0 Å². The molecule has 3 aromatic rings. The SMILES string of the molecule is CC(C)c1ccc(NC(=O)c2ccc(N(C)Cc3ccccc3)nc2)cc1. The number of nitrogens with zero attached hydrogens (tertiary/aromatic N) is 2. The first-order valence-corrected chi connectivity index (χ1v) is 9.15. The minimum atomic E-state index is -0.156. The summed E-state index contributed by atoms with van der Waals surface area (Å²) in [6.07, 6.45) is 1.62. The van der Waals surface area contributed by atoms with E-state index >= 15 is 0 Å². The van der Waals surface area contributed by atoms with Crippen LogP contribution < -0.4 is 10.2 Å². The van der Waals surface area contributed by atoms with E-state index in [0.717, 1.165) is 18.1 Å². The molecule has 0 saturated carbocycles. The number of carbonyl (C=O) groups is 1. The van der Waals surface area contributed by atoms with Crippen LogP contribution in [0.4, 0.5) is 11.5 Å². The number of pyridine rings is 1. The zero-order chi connectivity index (χ0) is 19.2. The minimum absolute atomic E-state index is 0.156. The van der Waals surface area contributed by atoms with Gasteiger partial charge in [-0.25, -0.2) is 4.98 Å². The minimum Gasteiger partial charge on any atom is -0.355 e. The standard InChI is InChI=1S/C23H25N3O/c1-17(2)19-9-12-21(13-10-19)25-23(27)20-11-14-22(24-15-20)26(3)16-18-7-5-4-6-8-18/h4-15,17H,16H2,1-3H3,(H,25,27). The summed E-state index contributed by atoms with van der Waals surface area (Å²) in [5.74, 6) is 1.15. The van der Waals surface area contributed by atoms with Gasteiger partial charge in [-0.15, -0.1) is 0 Å².